The van der Waals surface area contributed by atoms with Crippen LogP contribution in [0.2, 0.25) is 0 Å². The predicted octanol–water partition coefficient (Wildman–Crippen LogP) is 38.7. The van der Waals surface area contributed by atoms with Gasteiger partial charge in [-0.25, -0.2) is 0 Å². The normalized spacial score (nSPS) is 15.2. The van der Waals surface area contributed by atoms with Gasteiger partial charge in [0.25, 0.3) is 0 Å². The molecule has 8 nitrogen and oxygen atoms in total. The van der Waals surface area contributed by atoms with E-state index in [1.54, 1.807) is 0 Å². The maximum Gasteiger partial charge on any atom is 0.0641 e. The zero-order valence-electron chi connectivity index (χ0n) is 84.2. The fraction of sp³-hybridized carbons (Fsp3) is 0.206. The SMILES string of the molecule is CC(C)(C)c1ccc(N(c2ccc(C(C)(C)C)cc2)c2ccc3c4cc5c(cc4n4c6ccccc6c2c34)c2ccc(N(c3ccc(C(C)(C)C)cc3)c3ccc(C(C)(C)CC4CCC(c6ccc(N(c7ccccc7)c7ccc8c9cc%10c(cc9n9c%11ccccc%11c7c89)c7ccc(N(c8ccccc8)c8ccc(C9CCCCC9)cc8)c8c9ccccc9n%10c78)cc6)CC4)cc3)c3c4ccccc4n5c23)cc1. The standard InChI is InChI=1S/C136H118N8/c1-133(2,3)89-51-63-97(64-52-89)139(98-65-53-90(54-66-98)134(4,5)6)119-77-73-103-111-81-124-112(82-123(111)143-115-41-27-23-37-107(115)127(119)131(103)143)104-74-78-120(128-108-38-24-28-42-116(108)144(124)132(104)128)140(99-67-55-91(56-68-99)135(7,8)9)100-69-57-92(58-70-100)136(10,11)83-84-43-45-86(46-44-84)88-49-61-96(62-50-88)138(94-33-19-14-20-34-94)118-76-72-102-110-80-121-109(79-122(110)142-114-40-26-22-36-106(114)126(118)130(102)142)101-71-75-117(125-105-35-21-25-39-113(105)141(121)129(101)125)137(93-31-17-13-18-32-93)95-59-47-87(48-60-95)85-29-15-12-16-30-85/h13-14,17-28,31-42,47-82,84-86H,12,15-16,29-30,43-46,83H2,1-11H3. The number of benzene rings is 18. The minimum Gasteiger partial charge on any atom is -0.310 e. The third kappa shape index (κ3) is 13.2. The largest absolute Gasteiger partial charge is 0.310 e. The first kappa shape index (κ1) is 86.3. The summed E-state index contributed by atoms with van der Waals surface area (Å²) >= 11 is 0. The van der Waals surface area contributed by atoms with E-state index in [1.165, 1.54) is 272 Å². The number of anilines is 12. The van der Waals surface area contributed by atoms with E-state index in [-0.39, 0.29) is 21.7 Å². The lowest BCUT2D eigenvalue weighted by atomic mass is 9.70. The number of para-hydroxylation sites is 6. The lowest BCUT2D eigenvalue weighted by Gasteiger charge is -2.35. The molecule has 0 saturated heterocycles. The molecule has 0 unspecified atom stereocenters. The second kappa shape index (κ2) is 32.2. The van der Waals surface area contributed by atoms with Crippen molar-refractivity contribution in [2.24, 2.45) is 5.92 Å². The van der Waals surface area contributed by atoms with Gasteiger partial charge < -0.3 is 37.2 Å². The van der Waals surface area contributed by atoms with Crippen LogP contribution in [-0.4, -0.2) is 17.6 Å². The minimum atomic E-state index is -0.0560. The summed E-state index contributed by atoms with van der Waals surface area (Å²) in [6.45, 7) is 25.8. The molecular formula is C136H118N8. The molecule has 0 amide bonds. The van der Waals surface area contributed by atoms with Gasteiger partial charge in [-0.05, 0) is 288 Å². The van der Waals surface area contributed by atoms with E-state index in [0.29, 0.717) is 17.8 Å². The highest BCUT2D eigenvalue weighted by molar-refractivity contribution is 6.35. The molecule has 26 aromatic rings. The Labute approximate surface area is 841 Å². The zero-order valence-corrected chi connectivity index (χ0v) is 84.2. The highest BCUT2D eigenvalue weighted by Crippen LogP contribution is 2.57. The second-order valence-corrected chi connectivity index (χ2v) is 45.9. The first-order valence-corrected chi connectivity index (χ1v) is 52.7. The third-order valence-corrected chi connectivity index (χ3v) is 33.9. The summed E-state index contributed by atoms with van der Waals surface area (Å²) < 4.78 is 10.4. The molecule has 0 radical (unpaired) electrons. The van der Waals surface area contributed by atoms with E-state index < -0.39 is 0 Å². The van der Waals surface area contributed by atoms with Crippen LogP contribution in [0.3, 0.4) is 0 Å². The van der Waals surface area contributed by atoms with Crippen LogP contribution in [0.15, 0.2) is 376 Å². The molecule has 702 valence electrons. The fourth-order valence-corrected chi connectivity index (χ4v) is 26.7. The molecule has 0 atom stereocenters. The smallest absolute Gasteiger partial charge is 0.0641 e. The maximum atomic E-state index is 2.60. The first-order chi connectivity index (χ1) is 70.1. The Morgan fingerprint density at radius 2 is 0.451 bits per heavy atom. The number of hydrogen-bond acceptors (Lipinski definition) is 4. The van der Waals surface area contributed by atoms with Gasteiger partial charge in [0.05, 0.1) is 88.9 Å². The molecular weight excluding hydrogens is 1750 g/mol. The van der Waals surface area contributed by atoms with Crippen LogP contribution in [-0.2, 0) is 21.7 Å². The predicted molar refractivity (Wildman–Crippen MR) is 615 cm³/mol. The second-order valence-electron chi connectivity index (χ2n) is 45.9. The molecule has 0 N–H and O–H groups in total. The summed E-state index contributed by atoms with van der Waals surface area (Å²) in [6.07, 6.45) is 12.5. The Hall–Kier alpha value is -15.6. The summed E-state index contributed by atoms with van der Waals surface area (Å²) in [6, 6.07) is 145. The van der Waals surface area contributed by atoms with E-state index >= 15 is 0 Å². The molecule has 28 rings (SSSR count). The first-order valence-electron chi connectivity index (χ1n) is 52.7. The lowest BCUT2D eigenvalue weighted by molar-refractivity contribution is 0.262. The van der Waals surface area contributed by atoms with Gasteiger partial charge in [-0.15, -0.1) is 0 Å². The summed E-state index contributed by atoms with van der Waals surface area (Å²) in [5.41, 5.74) is 36.9. The molecule has 2 aliphatic carbocycles. The average molecular weight is 1860 g/mol. The van der Waals surface area contributed by atoms with Gasteiger partial charge in [0.15, 0.2) is 0 Å². The van der Waals surface area contributed by atoms with Crippen LogP contribution < -0.4 is 19.6 Å². The molecule has 2 fully saturated rings. The fourth-order valence-electron chi connectivity index (χ4n) is 26.7. The van der Waals surface area contributed by atoms with Crippen molar-refractivity contribution in [1.29, 1.82) is 0 Å². The summed E-state index contributed by atoms with van der Waals surface area (Å²) in [7, 11) is 0. The number of hydrogen-bond donors (Lipinski definition) is 0. The minimum absolute atomic E-state index is 0.00955. The van der Waals surface area contributed by atoms with Gasteiger partial charge in [0.2, 0.25) is 0 Å². The van der Waals surface area contributed by atoms with Gasteiger partial charge >= 0.3 is 0 Å². The highest BCUT2D eigenvalue weighted by Gasteiger charge is 2.36. The zero-order chi connectivity index (χ0) is 96.8. The Balaban J connectivity index is 0.479. The Morgan fingerprint density at radius 1 is 0.208 bits per heavy atom. The van der Waals surface area contributed by atoms with Crippen LogP contribution >= 0.6 is 0 Å². The van der Waals surface area contributed by atoms with Crippen molar-refractivity contribution in [3.05, 3.63) is 409 Å². The summed E-state index contributed by atoms with van der Waals surface area (Å²) in [4.78, 5) is 10.1. The van der Waals surface area contributed by atoms with Crippen LogP contribution in [0.1, 0.15) is 186 Å². The van der Waals surface area contributed by atoms with Crippen molar-refractivity contribution >= 4 is 221 Å². The third-order valence-electron chi connectivity index (χ3n) is 33.9. The van der Waals surface area contributed by atoms with Gasteiger partial charge in [0, 0.05) is 132 Å². The number of aromatic nitrogens is 4. The van der Waals surface area contributed by atoms with E-state index in [2.05, 4.69) is 489 Å². The van der Waals surface area contributed by atoms with Crippen LogP contribution in [0, 0.1) is 5.92 Å². The van der Waals surface area contributed by atoms with E-state index in [9.17, 15) is 0 Å². The van der Waals surface area contributed by atoms with Crippen LogP contribution in [0.4, 0.5) is 68.2 Å². The molecule has 8 heterocycles. The number of fused-ring (bicyclic) bond motifs is 24. The maximum absolute atomic E-state index is 2.60. The molecule has 0 aliphatic heterocycles. The number of nitrogens with zero attached hydrogens (tertiary/aromatic N) is 8. The van der Waals surface area contributed by atoms with E-state index in [1.807, 2.05) is 0 Å². The molecule has 144 heavy (non-hydrogen) atoms. The Bertz CT molecular complexity index is 9460. The van der Waals surface area contributed by atoms with Crippen molar-refractivity contribution < 1.29 is 0 Å². The van der Waals surface area contributed by atoms with Crippen molar-refractivity contribution in [1.82, 2.24) is 17.6 Å². The highest BCUT2D eigenvalue weighted by atomic mass is 15.2. The number of rotatable bonds is 17. The lowest BCUT2D eigenvalue weighted by Crippen LogP contribution is -2.24. The monoisotopic (exact) mass is 1860 g/mol. The van der Waals surface area contributed by atoms with Gasteiger partial charge in [-0.3, -0.25) is 0 Å². The molecule has 0 spiro atoms. The van der Waals surface area contributed by atoms with Gasteiger partial charge in [-0.1, -0.05) is 302 Å². The molecule has 8 heteroatoms. The molecule has 2 saturated carbocycles. The van der Waals surface area contributed by atoms with Crippen molar-refractivity contribution in [3.63, 3.8) is 0 Å². The molecule has 8 aromatic heterocycles. The topological polar surface area (TPSA) is 30.6 Å². The molecule has 0 bridgehead atoms. The van der Waals surface area contributed by atoms with Crippen molar-refractivity contribution in [3.8, 4) is 0 Å². The summed E-state index contributed by atoms with van der Waals surface area (Å²) in [5, 5.41) is 20.1. The van der Waals surface area contributed by atoms with Crippen LogP contribution in [0.25, 0.3) is 152 Å². The molecule has 2 aliphatic rings. The van der Waals surface area contributed by atoms with E-state index in [4.69, 9.17) is 0 Å². The van der Waals surface area contributed by atoms with E-state index in [0.717, 1.165) is 46.2 Å². The van der Waals surface area contributed by atoms with Crippen molar-refractivity contribution in [2.45, 2.75) is 174 Å². The van der Waals surface area contributed by atoms with Gasteiger partial charge in [0.1, 0.15) is 0 Å². The Morgan fingerprint density at radius 3 is 0.729 bits per heavy atom. The Kier molecular flexibility index (Phi) is 19.3. The molecule has 18 aromatic carbocycles. The van der Waals surface area contributed by atoms with Crippen LogP contribution in [0.5, 0.6) is 0 Å². The average Bonchev–Trinajstić information content (AvgIpc) is 1.51. The quantitative estimate of drug-likeness (QED) is 0.0909. The summed E-state index contributed by atoms with van der Waals surface area (Å²) in [5.74, 6) is 1.75. The van der Waals surface area contributed by atoms with Crippen molar-refractivity contribution in [2.75, 3.05) is 19.6 Å². The van der Waals surface area contributed by atoms with Gasteiger partial charge in [-0.2, -0.15) is 0 Å².